The Labute approximate surface area is 188 Å². The number of hydrogen-bond acceptors (Lipinski definition) is 6. The molecule has 0 bridgehead atoms. The van der Waals surface area contributed by atoms with Crippen LogP contribution in [-0.4, -0.2) is 48.7 Å². The van der Waals surface area contributed by atoms with E-state index in [1.54, 1.807) is 12.1 Å². The smallest absolute Gasteiger partial charge is 0.254 e. The summed E-state index contributed by atoms with van der Waals surface area (Å²) in [4.78, 5) is 19.8. The van der Waals surface area contributed by atoms with Gasteiger partial charge in [-0.2, -0.15) is 0 Å². The largest absolute Gasteiger partial charge is 0.490 e. The van der Waals surface area contributed by atoms with Crippen molar-refractivity contribution in [2.75, 3.05) is 32.9 Å². The second kappa shape index (κ2) is 9.94. The summed E-state index contributed by atoms with van der Waals surface area (Å²) in [6, 6.07) is 11.3. The fraction of sp³-hybridized carbons (Fsp3) is 0.440. The van der Waals surface area contributed by atoms with Gasteiger partial charge in [-0.25, -0.2) is 4.98 Å². The molecule has 0 atom stereocenters. The SMILES string of the molecule is CCOc1cc(C(=O)N2CCC(c3nc4ccccc4o3)CC2)cc(OCC)c1OCC. The lowest BCUT2D eigenvalue weighted by Crippen LogP contribution is -2.38. The highest BCUT2D eigenvalue weighted by Gasteiger charge is 2.29. The van der Waals surface area contributed by atoms with Gasteiger partial charge in [-0.15, -0.1) is 0 Å². The molecule has 1 aliphatic rings. The number of likely N-dealkylation sites (tertiary alicyclic amines) is 1. The van der Waals surface area contributed by atoms with Crippen molar-refractivity contribution < 1.29 is 23.4 Å². The predicted molar refractivity (Wildman–Crippen MR) is 122 cm³/mol. The predicted octanol–water partition coefficient (Wildman–Crippen LogP) is 5.04. The van der Waals surface area contributed by atoms with Crippen LogP contribution in [-0.2, 0) is 0 Å². The minimum atomic E-state index is -0.0361. The second-order valence-electron chi connectivity index (χ2n) is 7.69. The van der Waals surface area contributed by atoms with Crippen molar-refractivity contribution in [3.63, 3.8) is 0 Å². The number of piperidine rings is 1. The molecule has 1 saturated heterocycles. The zero-order chi connectivity index (χ0) is 22.5. The van der Waals surface area contributed by atoms with Crippen molar-refractivity contribution in [1.82, 2.24) is 9.88 Å². The Balaban J connectivity index is 1.50. The number of fused-ring (bicyclic) bond motifs is 1. The molecule has 1 aromatic heterocycles. The highest BCUT2D eigenvalue weighted by molar-refractivity contribution is 5.95. The molecular formula is C25H30N2O5. The van der Waals surface area contributed by atoms with E-state index in [9.17, 15) is 4.79 Å². The van der Waals surface area contributed by atoms with E-state index in [2.05, 4.69) is 4.98 Å². The van der Waals surface area contributed by atoms with Crippen molar-refractivity contribution in [3.05, 3.63) is 47.9 Å². The summed E-state index contributed by atoms with van der Waals surface area (Å²) in [6.07, 6.45) is 1.62. The molecule has 170 valence electrons. The molecule has 0 aliphatic carbocycles. The van der Waals surface area contributed by atoms with Gasteiger partial charge in [0, 0.05) is 24.6 Å². The maximum atomic E-state index is 13.3. The number of amides is 1. The van der Waals surface area contributed by atoms with Gasteiger partial charge in [-0.3, -0.25) is 4.79 Å². The molecule has 0 N–H and O–H groups in total. The molecule has 0 radical (unpaired) electrons. The second-order valence-corrected chi connectivity index (χ2v) is 7.69. The summed E-state index contributed by atoms with van der Waals surface area (Å²) in [5.41, 5.74) is 2.23. The molecule has 2 aromatic carbocycles. The highest BCUT2D eigenvalue weighted by Crippen LogP contribution is 2.40. The summed E-state index contributed by atoms with van der Waals surface area (Å²) >= 11 is 0. The number of oxazole rings is 1. The maximum Gasteiger partial charge on any atom is 0.254 e. The average Bonchev–Trinajstić information content (AvgIpc) is 3.25. The molecule has 1 aliphatic heterocycles. The summed E-state index contributed by atoms with van der Waals surface area (Å²) in [7, 11) is 0. The minimum absolute atomic E-state index is 0.0361. The Bertz CT molecular complexity index is 1010. The summed E-state index contributed by atoms with van der Waals surface area (Å²) < 4.78 is 23.2. The number of carbonyl (C=O) groups is 1. The first-order valence-corrected chi connectivity index (χ1v) is 11.4. The molecule has 4 rings (SSSR count). The minimum Gasteiger partial charge on any atom is -0.490 e. The number of rotatable bonds is 8. The van der Waals surface area contributed by atoms with Gasteiger partial charge in [0.1, 0.15) is 5.52 Å². The number of para-hydroxylation sites is 2. The number of ether oxygens (including phenoxy) is 3. The molecule has 7 nitrogen and oxygen atoms in total. The first-order chi connectivity index (χ1) is 15.6. The van der Waals surface area contributed by atoms with Crippen molar-refractivity contribution in [2.24, 2.45) is 0 Å². The lowest BCUT2D eigenvalue weighted by molar-refractivity contribution is 0.0705. The molecule has 0 saturated carbocycles. The Morgan fingerprint density at radius 3 is 2.22 bits per heavy atom. The van der Waals surface area contributed by atoms with E-state index in [1.165, 1.54) is 0 Å². The molecule has 1 fully saturated rings. The van der Waals surface area contributed by atoms with Gasteiger partial charge < -0.3 is 23.5 Å². The van der Waals surface area contributed by atoms with Crippen molar-refractivity contribution in [1.29, 1.82) is 0 Å². The Morgan fingerprint density at radius 2 is 1.62 bits per heavy atom. The van der Waals surface area contributed by atoms with Crippen LogP contribution in [0.2, 0.25) is 0 Å². The first kappa shape index (κ1) is 22.0. The van der Waals surface area contributed by atoms with Crippen molar-refractivity contribution in [3.8, 4) is 17.2 Å². The summed E-state index contributed by atoms with van der Waals surface area (Å²) in [6.45, 7) is 8.43. The summed E-state index contributed by atoms with van der Waals surface area (Å²) in [5.74, 6) is 2.55. The number of nitrogens with zero attached hydrogens (tertiary/aromatic N) is 2. The summed E-state index contributed by atoms with van der Waals surface area (Å²) in [5, 5.41) is 0. The van der Waals surface area contributed by atoms with Crippen LogP contribution < -0.4 is 14.2 Å². The van der Waals surface area contributed by atoms with Crippen LogP contribution in [0.5, 0.6) is 17.2 Å². The van der Waals surface area contributed by atoms with Crippen LogP contribution >= 0.6 is 0 Å². The molecule has 3 aromatic rings. The maximum absolute atomic E-state index is 13.3. The Kier molecular flexibility index (Phi) is 6.83. The Hall–Kier alpha value is -3.22. The molecule has 7 heteroatoms. The molecule has 2 heterocycles. The zero-order valence-corrected chi connectivity index (χ0v) is 18.9. The van der Waals surface area contributed by atoms with Crippen LogP contribution in [0.25, 0.3) is 11.1 Å². The van der Waals surface area contributed by atoms with E-state index in [0.29, 0.717) is 55.7 Å². The van der Waals surface area contributed by atoms with E-state index in [4.69, 9.17) is 18.6 Å². The fourth-order valence-electron chi connectivity index (χ4n) is 4.09. The van der Waals surface area contributed by atoms with E-state index >= 15 is 0 Å². The van der Waals surface area contributed by atoms with Crippen LogP contribution in [0, 0.1) is 0 Å². The lowest BCUT2D eigenvalue weighted by Gasteiger charge is -2.31. The van der Waals surface area contributed by atoms with Crippen LogP contribution in [0.1, 0.15) is 55.8 Å². The van der Waals surface area contributed by atoms with Gasteiger partial charge in [0.05, 0.1) is 19.8 Å². The van der Waals surface area contributed by atoms with Crippen molar-refractivity contribution in [2.45, 2.75) is 39.5 Å². The standard InChI is InChI=1S/C25H30N2O5/c1-4-29-21-15-18(16-22(30-5-2)23(21)31-6-3)25(28)27-13-11-17(12-14-27)24-26-19-9-7-8-10-20(19)32-24/h7-10,15-17H,4-6,11-14H2,1-3H3. The number of aromatic nitrogens is 1. The molecule has 32 heavy (non-hydrogen) atoms. The number of hydrogen-bond donors (Lipinski definition) is 0. The Morgan fingerprint density at radius 1 is 1.00 bits per heavy atom. The molecular weight excluding hydrogens is 408 g/mol. The zero-order valence-electron chi connectivity index (χ0n) is 18.9. The van der Waals surface area contributed by atoms with E-state index < -0.39 is 0 Å². The van der Waals surface area contributed by atoms with Gasteiger partial charge in [0.2, 0.25) is 5.75 Å². The van der Waals surface area contributed by atoms with Crippen LogP contribution in [0.3, 0.4) is 0 Å². The average molecular weight is 439 g/mol. The van der Waals surface area contributed by atoms with Crippen LogP contribution in [0.4, 0.5) is 0 Å². The van der Waals surface area contributed by atoms with E-state index in [-0.39, 0.29) is 11.8 Å². The van der Waals surface area contributed by atoms with Gasteiger partial charge in [-0.1, -0.05) is 12.1 Å². The third-order valence-corrected chi connectivity index (χ3v) is 5.60. The van der Waals surface area contributed by atoms with Crippen molar-refractivity contribution >= 4 is 17.0 Å². The van der Waals surface area contributed by atoms with Gasteiger partial charge in [0.25, 0.3) is 5.91 Å². The lowest BCUT2D eigenvalue weighted by atomic mass is 9.96. The number of carbonyl (C=O) groups excluding carboxylic acids is 1. The van der Waals surface area contributed by atoms with Crippen LogP contribution in [0.15, 0.2) is 40.8 Å². The van der Waals surface area contributed by atoms with Gasteiger partial charge in [0.15, 0.2) is 23.0 Å². The monoisotopic (exact) mass is 438 g/mol. The topological polar surface area (TPSA) is 74.0 Å². The normalized spacial score (nSPS) is 14.5. The quantitative estimate of drug-likeness (QED) is 0.490. The highest BCUT2D eigenvalue weighted by atomic mass is 16.5. The first-order valence-electron chi connectivity index (χ1n) is 11.4. The molecule has 1 amide bonds. The van der Waals surface area contributed by atoms with Gasteiger partial charge >= 0.3 is 0 Å². The molecule has 0 spiro atoms. The van der Waals surface area contributed by atoms with Gasteiger partial charge in [-0.05, 0) is 57.9 Å². The third-order valence-electron chi connectivity index (χ3n) is 5.60. The number of benzene rings is 2. The fourth-order valence-corrected chi connectivity index (χ4v) is 4.09. The van der Waals surface area contributed by atoms with E-state index in [1.807, 2.05) is 49.9 Å². The van der Waals surface area contributed by atoms with E-state index in [0.717, 1.165) is 29.8 Å². The molecule has 0 unspecified atom stereocenters. The third kappa shape index (κ3) is 4.52.